The summed E-state index contributed by atoms with van der Waals surface area (Å²) >= 11 is 0. The smallest absolute Gasteiger partial charge is 0.0741 e. The lowest BCUT2D eigenvalue weighted by atomic mass is 9.83. The van der Waals surface area contributed by atoms with Crippen LogP contribution in [0.1, 0.15) is 58.8 Å². The van der Waals surface area contributed by atoms with Crippen LogP contribution < -0.4 is 5.32 Å². The molecule has 0 aromatic carbocycles. The zero-order chi connectivity index (χ0) is 12.8. The Morgan fingerprint density at radius 1 is 1.22 bits per heavy atom. The van der Waals surface area contributed by atoms with Crippen molar-refractivity contribution in [3.8, 4) is 0 Å². The van der Waals surface area contributed by atoms with Crippen molar-refractivity contribution in [2.75, 3.05) is 19.8 Å². The maximum Gasteiger partial charge on any atom is 0.0741 e. The van der Waals surface area contributed by atoms with Crippen LogP contribution >= 0.6 is 0 Å². The first-order valence-electron chi connectivity index (χ1n) is 7.76. The number of rotatable bonds is 5. The van der Waals surface area contributed by atoms with E-state index in [1.807, 2.05) is 0 Å². The monoisotopic (exact) mass is 255 g/mol. The van der Waals surface area contributed by atoms with Gasteiger partial charge in [-0.05, 0) is 38.5 Å². The Hall–Kier alpha value is -0.120. The van der Waals surface area contributed by atoms with Crippen molar-refractivity contribution in [3.63, 3.8) is 0 Å². The molecule has 106 valence electrons. The molecule has 0 amide bonds. The highest BCUT2D eigenvalue weighted by Crippen LogP contribution is 2.34. The van der Waals surface area contributed by atoms with Crippen LogP contribution in [-0.4, -0.2) is 37.5 Å². The lowest BCUT2D eigenvalue weighted by Crippen LogP contribution is -2.51. The Labute approximate surface area is 112 Å². The van der Waals surface area contributed by atoms with Crippen LogP contribution in [0.5, 0.6) is 0 Å². The average molecular weight is 255 g/mol. The Kier molecular flexibility index (Phi) is 5.46. The van der Waals surface area contributed by atoms with E-state index < -0.39 is 0 Å². The van der Waals surface area contributed by atoms with Gasteiger partial charge >= 0.3 is 0 Å². The molecule has 0 aliphatic carbocycles. The van der Waals surface area contributed by atoms with Crippen LogP contribution in [0.15, 0.2) is 0 Å². The molecule has 1 N–H and O–H groups in total. The van der Waals surface area contributed by atoms with Gasteiger partial charge in [0.2, 0.25) is 0 Å². The highest BCUT2D eigenvalue weighted by Gasteiger charge is 2.39. The third kappa shape index (κ3) is 3.69. The van der Waals surface area contributed by atoms with E-state index >= 15 is 0 Å². The summed E-state index contributed by atoms with van der Waals surface area (Å²) in [6.45, 7) is 7.23. The summed E-state index contributed by atoms with van der Waals surface area (Å²) in [6, 6.07) is 1.34. The molecule has 3 heteroatoms. The topological polar surface area (TPSA) is 30.5 Å². The normalized spacial score (nSPS) is 29.3. The van der Waals surface area contributed by atoms with Crippen LogP contribution in [-0.2, 0) is 9.47 Å². The van der Waals surface area contributed by atoms with Gasteiger partial charge in [0.15, 0.2) is 0 Å². The molecule has 2 saturated heterocycles. The second-order valence-electron chi connectivity index (χ2n) is 5.89. The summed E-state index contributed by atoms with van der Waals surface area (Å²) in [5.41, 5.74) is 0.124. The molecule has 3 nitrogen and oxygen atoms in total. The van der Waals surface area contributed by atoms with Gasteiger partial charge in [-0.25, -0.2) is 0 Å². The molecule has 2 rings (SSSR count). The van der Waals surface area contributed by atoms with Gasteiger partial charge in [-0.1, -0.05) is 20.3 Å². The van der Waals surface area contributed by atoms with Crippen molar-refractivity contribution >= 4 is 0 Å². The molecule has 2 unspecified atom stereocenters. The molecule has 2 aliphatic rings. The highest BCUT2D eigenvalue weighted by molar-refractivity contribution is 4.92. The molecule has 1 spiro atoms. The Bertz CT molecular complexity index is 233. The van der Waals surface area contributed by atoms with Crippen LogP contribution in [0.25, 0.3) is 0 Å². The van der Waals surface area contributed by atoms with E-state index in [2.05, 4.69) is 19.2 Å². The van der Waals surface area contributed by atoms with E-state index in [1.54, 1.807) is 0 Å². The van der Waals surface area contributed by atoms with E-state index in [0.717, 1.165) is 32.7 Å². The average Bonchev–Trinajstić information content (AvgIpc) is 2.39. The third-order valence-electron chi connectivity index (χ3n) is 4.50. The summed E-state index contributed by atoms with van der Waals surface area (Å²) < 4.78 is 11.6. The second-order valence-corrected chi connectivity index (χ2v) is 5.89. The van der Waals surface area contributed by atoms with Gasteiger partial charge in [-0.3, -0.25) is 0 Å². The van der Waals surface area contributed by atoms with Crippen molar-refractivity contribution in [1.29, 1.82) is 0 Å². The molecule has 0 aromatic rings. The van der Waals surface area contributed by atoms with Crippen molar-refractivity contribution in [1.82, 2.24) is 5.32 Å². The lowest BCUT2D eigenvalue weighted by Gasteiger charge is -2.44. The number of hydrogen-bond acceptors (Lipinski definition) is 3. The molecule has 18 heavy (non-hydrogen) atoms. The number of hydrogen-bond donors (Lipinski definition) is 1. The van der Waals surface area contributed by atoms with Gasteiger partial charge < -0.3 is 14.8 Å². The first kappa shape index (κ1) is 14.3. The van der Waals surface area contributed by atoms with Gasteiger partial charge in [0, 0.05) is 31.9 Å². The minimum absolute atomic E-state index is 0.124. The highest BCUT2D eigenvalue weighted by atomic mass is 16.5. The number of nitrogens with one attached hydrogen (secondary N) is 1. The second kappa shape index (κ2) is 6.88. The fourth-order valence-electron chi connectivity index (χ4n) is 3.35. The minimum atomic E-state index is 0.124. The summed E-state index contributed by atoms with van der Waals surface area (Å²) in [5.74, 6) is 0. The fraction of sp³-hybridized carbons (Fsp3) is 1.00. The van der Waals surface area contributed by atoms with Crippen LogP contribution in [0.4, 0.5) is 0 Å². The van der Waals surface area contributed by atoms with Crippen LogP contribution in [0.3, 0.4) is 0 Å². The van der Waals surface area contributed by atoms with Crippen LogP contribution in [0.2, 0.25) is 0 Å². The lowest BCUT2D eigenvalue weighted by molar-refractivity contribution is -0.141. The van der Waals surface area contributed by atoms with E-state index in [9.17, 15) is 0 Å². The molecule has 2 heterocycles. The molecule has 0 bridgehead atoms. The zero-order valence-corrected chi connectivity index (χ0v) is 12.0. The minimum Gasteiger partial charge on any atom is -0.381 e. The summed E-state index contributed by atoms with van der Waals surface area (Å²) in [7, 11) is 0. The third-order valence-corrected chi connectivity index (χ3v) is 4.50. The maximum atomic E-state index is 6.09. The first-order valence-corrected chi connectivity index (χ1v) is 7.76. The van der Waals surface area contributed by atoms with E-state index in [4.69, 9.17) is 9.47 Å². The molecule has 0 radical (unpaired) electrons. The van der Waals surface area contributed by atoms with E-state index in [1.165, 1.54) is 32.1 Å². The van der Waals surface area contributed by atoms with Crippen molar-refractivity contribution < 1.29 is 9.47 Å². The molecule has 2 fully saturated rings. The van der Waals surface area contributed by atoms with E-state index in [-0.39, 0.29) is 5.60 Å². The van der Waals surface area contributed by atoms with Crippen LogP contribution in [0, 0.1) is 0 Å². The van der Waals surface area contributed by atoms with Crippen molar-refractivity contribution in [3.05, 3.63) is 0 Å². The molecule has 2 aliphatic heterocycles. The SMILES string of the molecule is CCCC(CC)NC1CCOC2(CCOCC2)C1. The van der Waals surface area contributed by atoms with Gasteiger partial charge in [0.05, 0.1) is 5.60 Å². The molecule has 0 aromatic heterocycles. The van der Waals surface area contributed by atoms with Gasteiger partial charge in [0.25, 0.3) is 0 Å². The summed E-state index contributed by atoms with van der Waals surface area (Å²) in [6.07, 6.45) is 8.31. The summed E-state index contributed by atoms with van der Waals surface area (Å²) in [4.78, 5) is 0. The molecular formula is C15H29NO2. The fourth-order valence-corrected chi connectivity index (χ4v) is 3.35. The summed E-state index contributed by atoms with van der Waals surface area (Å²) in [5, 5.41) is 3.86. The predicted octanol–water partition coefficient (Wildman–Crippen LogP) is 2.88. The van der Waals surface area contributed by atoms with E-state index in [0.29, 0.717) is 12.1 Å². The largest absolute Gasteiger partial charge is 0.381 e. The Morgan fingerprint density at radius 3 is 2.67 bits per heavy atom. The van der Waals surface area contributed by atoms with Gasteiger partial charge in [0.1, 0.15) is 0 Å². The molecule has 0 saturated carbocycles. The molecular weight excluding hydrogens is 226 g/mol. The Morgan fingerprint density at radius 2 is 2.00 bits per heavy atom. The van der Waals surface area contributed by atoms with Crippen molar-refractivity contribution in [2.45, 2.75) is 76.5 Å². The zero-order valence-electron chi connectivity index (χ0n) is 12.0. The van der Waals surface area contributed by atoms with Gasteiger partial charge in [-0.15, -0.1) is 0 Å². The standard InChI is InChI=1S/C15H29NO2/c1-3-5-13(4-2)16-14-6-9-18-15(12-14)7-10-17-11-8-15/h13-14,16H,3-12H2,1-2H3. The Balaban J connectivity index is 1.85. The predicted molar refractivity (Wildman–Crippen MR) is 73.9 cm³/mol. The van der Waals surface area contributed by atoms with Crippen molar-refractivity contribution in [2.24, 2.45) is 0 Å². The van der Waals surface area contributed by atoms with Gasteiger partial charge in [-0.2, -0.15) is 0 Å². The molecule has 2 atom stereocenters. The maximum absolute atomic E-state index is 6.09. The quantitative estimate of drug-likeness (QED) is 0.819. The number of ether oxygens (including phenoxy) is 2. The first-order chi connectivity index (χ1) is 8.78.